The largest absolute Gasteiger partial charge is 0.347 e. The lowest BCUT2D eigenvalue weighted by Gasteiger charge is -2.16. The fourth-order valence-corrected chi connectivity index (χ4v) is 3.15. The minimum atomic E-state index is -0.419. The predicted octanol–water partition coefficient (Wildman–Crippen LogP) is 4.34. The van der Waals surface area contributed by atoms with Crippen LogP contribution in [0.5, 0.6) is 0 Å². The first kappa shape index (κ1) is 17.8. The van der Waals surface area contributed by atoms with Gasteiger partial charge in [-0.1, -0.05) is 36.0 Å². The summed E-state index contributed by atoms with van der Waals surface area (Å²) in [6.07, 6.45) is -0.419. The van der Waals surface area contributed by atoms with Crippen molar-refractivity contribution in [2.24, 2.45) is 0 Å². The van der Waals surface area contributed by atoms with Crippen LogP contribution >= 0.6 is 11.8 Å². The molecule has 25 heavy (non-hydrogen) atoms. The van der Waals surface area contributed by atoms with E-state index in [1.54, 1.807) is 11.8 Å². The van der Waals surface area contributed by atoms with Crippen LogP contribution < -0.4 is 0 Å². The van der Waals surface area contributed by atoms with Gasteiger partial charge in [-0.05, 0) is 38.1 Å². The third-order valence-electron chi connectivity index (χ3n) is 3.48. The SMILES string of the molecule is CCOC(OCC)c1cccc(CSc2nc3cccccc-3n2)n1. The van der Waals surface area contributed by atoms with E-state index < -0.39 is 6.29 Å². The molecule has 0 saturated heterocycles. The summed E-state index contributed by atoms with van der Waals surface area (Å²) in [6.45, 7) is 5.06. The summed E-state index contributed by atoms with van der Waals surface area (Å²) < 4.78 is 11.2. The summed E-state index contributed by atoms with van der Waals surface area (Å²) in [5, 5.41) is 0.763. The molecule has 3 rings (SSSR count). The molecule has 0 bridgehead atoms. The number of rotatable bonds is 8. The molecule has 0 atom stereocenters. The van der Waals surface area contributed by atoms with Gasteiger partial charge in [0.15, 0.2) is 5.16 Å². The molecular weight excluding hydrogens is 334 g/mol. The summed E-state index contributed by atoms with van der Waals surface area (Å²) in [6, 6.07) is 15.8. The number of thioether (sulfide) groups is 1. The summed E-state index contributed by atoms with van der Waals surface area (Å²) in [5.74, 6) is 0.696. The van der Waals surface area contributed by atoms with Crippen LogP contribution in [0.1, 0.15) is 31.5 Å². The maximum atomic E-state index is 5.62. The Morgan fingerprint density at radius 2 is 1.52 bits per heavy atom. The highest BCUT2D eigenvalue weighted by atomic mass is 32.2. The molecule has 1 aliphatic carbocycles. The number of fused-ring (bicyclic) bond motifs is 1. The van der Waals surface area contributed by atoms with E-state index in [-0.39, 0.29) is 0 Å². The fourth-order valence-electron chi connectivity index (χ4n) is 2.38. The highest BCUT2D eigenvalue weighted by Crippen LogP contribution is 2.26. The standard InChI is InChI=1S/C19H21N3O2S/c1-3-23-18(24-4-2)17-12-8-9-14(20-17)13-25-19-21-15-10-6-5-7-11-16(15)22-19/h5-12,18H,3-4,13H2,1-2H3. The Hall–Kier alpha value is -2.02. The van der Waals surface area contributed by atoms with Gasteiger partial charge in [-0.25, -0.2) is 9.97 Å². The molecule has 0 fully saturated rings. The molecule has 0 N–H and O–H groups in total. The Balaban J connectivity index is 1.70. The van der Waals surface area contributed by atoms with E-state index in [0.717, 1.165) is 27.9 Å². The van der Waals surface area contributed by atoms with E-state index in [0.29, 0.717) is 19.0 Å². The van der Waals surface area contributed by atoms with E-state index >= 15 is 0 Å². The average Bonchev–Trinajstić information content (AvgIpc) is 2.89. The van der Waals surface area contributed by atoms with E-state index in [1.165, 1.54) is 0 Å². The van der Waals surface area contributed by atoms with Gasteiger partial charge in [-0.2, -0.15) is 0 Å². The van der Waals surface area contributed by atoms with E-state index in [1.807, 2.05) is 62.4 Å². The van der Waals surface area contributed by atoms with Gasteiger partial charge in [0.1, 0.15) is 0 Å². The Morgan fingerprint density at radius 1 is 0.840 bits per heavy atom. The third kappa shape index (κ3) is 4.75. The van der Waals surface area contributed by atoms with E-state index in [9.17, 15) is 0 Å². The molecule has 2 heterocycles. The van der Waals surface area contributed by atoms with Crippen LogP contribution in [0.2, 0.25) is 0 Å². The molecule has 0 unspecified atom stereocenters. The topological polar surface area (TPSA) is 57.1 Å². The molecule has 130 valence electrons. The molecule has 5 nitrogen and oxygen atoms in total. The first-order valence-electron chi connectivity index (χ1n) is 8.34. The predicted molar refractivity (Wildman–Crippen MR) is 98.4 cm³/mol. The van der Waals surface area contributed by atoms with Crippen LogP contribution in [0.15, 0.2) is 53.7 Å². The fraction of sp³-hybridized carbons (Fsp3) is 0.316. The second-order valence-electron chi connectivity index (χ2n) is 5.27. The zero-order chi connectivity index (χ0) is 17.5. The van der Waals surface area contributed by atoms with Gasteiger partial charge < -0.3 is 9.47 Å². The Kier molecular flexibility index (Phi) is 6.33. The number of aromatic nitrogens is 3. The van der Waals surface area contributed by atoms with Crippen molar-refractivity contribution in [1.29, 1.82) is 0 Å². The second kappa shape index (κ2) is 8.89. The maximum Gasteiger partial charge on any atom is 0.201 e. The minimum absolute atomic E-state index is 0.419. The van der Waals surface area contributed by atoms with Crippen molar-refractivity contribution in [1.82, 2.24) is 15.0 Å². The van der Waals surface area contributed by atoms with Gasteiger partial charge in [0.2, 0.25) is 6.29 Å². The van der Waals surface area contributed by atoms with Gasteiger partial charge in [0.25, 0.3) is 0 Å². The van der Waals surface area contributed by atoms with Crippen LogP contribution in [-0.4, -0.2) is 28.2 Å². The highest BCUT2D eigenvalue weighted by Gasteiger charge is 2.14. The molecule has 0 aromatic carbocycles. The minimum Gasteiger partial charge on any atom is -0.347 e. The quantitative estimate of drug-likeness (QED) is 0.442. The highest BCUT2D eigenvalue weighted by molar-refractivity contribution is 7.98. The van der Waals surface area contributed by atoms with E-state index in [2.05, 4.69) is 15.0 Å². The Bertz CT molecular complexity index is 747. The lowest BCUT2D eigenvalue weighted by molar-refractivity contribution is -0.142. The zero-order valence-corrected chi connectivity index (χ0v) is 15.2. The van der Waals surface area contributed by atoms with Crippen molar-refractivity contribution in [2.75, 3.05) is 13.2 Å². The smallest absolute Gasteiger partial charge is 0.201 e. The van der Waals surface area contributed by atoms with Crippen molar-refractivity contribution in [2.45, 2.75) is 31.0 Å². The molecule has 1 aromatic heterocycles. The lowest BCUT2D eigenvalue weighted by Crippen LogP contribution is -2.11. The van der Waals surface area contributed by atoms with E-state index in [4.69, 9.17) is 9.47 Å². The van der Waals surface area contributed by atoms with Crippen LogP contribution in [-0.2, 0) is 15.2 Å². The van der Waals surface area contributed by atoms with Crippen LogP contribution in [0.25, 0.3) is 11.4 Å². The molecule has 1 aromatic rings. The van der Waals surface area contributed by atoms with Gasteiger partial charge in [0, 0.05) is 19.0 Å². The van der Waals surface area contributed by atoms with Crippen molar-refractivity contribution in [3.05, 3.63) is 59.9 Å². The van der Waals surface area contributed by atoms with Gasteiger partial charge in [-0.15, -0.1) is 0 Å². The van der Waals surface area contributed by atoms with Crippen molar-refractivity contribution in [3.8, 4) is 11.4 Å². The Labute approximate surface area is 152 Å². The Morgan fingerprint density at radius 3 is 2.16 bits per heavy atom. The lowest BCUT2D eigenvalue weighted by atomic mass is 10.3. The summed E-state index contributed by atoms with van der Waals surface area (Å²) in [5.41, 5.74) is 3.55. The van der Waals surface area contributed by atoms with Crippen molar-refractivity contribution in [3.63, 3.8) is 0 Å². The number of ether oxygens (including phenoxy) is 2. The normalized spacial score (nSPS) is 11.3. The molecule has 0 amide bonds. The third-order valence-corrected chi connectivity index (χ3v) is 4.36. The average molecular weight is 355 g/mol. The first-order valence-corrected chi connectivity index (χ1v) is 9.33. The number of imidazole rings is 1. The molecular formula is C19H21N3O2S. The maximum absolute atomic E-state index is 5.62. The summed E-state index contributed by atoms with van der Waals surface area (Å²) >= 11 is 1.58. The first-order chi connectivity index (χ1) is 12.3. The molecule has 0 radical (unpaired) electrons. The van der Waals surface area contributed by atoms with Crippen LogP contribution in [0.4, 0.5) is 0 Å². The number of nitrogens with zero attached hydrogens (tertiary/aromatic N) is 3. The summed E-state index contributed by atoms with van der Waals surface area (Å²) in [4.78, 5) is 13.8. The van der Waals surface area contributed by atoms with Crippen molar-refractivity contribution < 1.29 is 9.47 Å². The monoisotopic (exact) mass is 355 g/mol. The molecule has 6 heteroatoms. The van der Waals surface area contributed by atoms with Gasteiger partial charge in [0.05, 0.1) is 22.8 Å². The molecule has 2 aliphatic rings. The zero-order valence-electron chi connectivity index (χ0n) is 14.4. The second-order valence-corrected chi connectivity index (χ2v) is 6.21. The molecule has 0 saturated carbocycles. The van der Waals surface area contributed by atoms with Crippen molar-refractivity contribution >= 4 is 11.8 Å². The number of hydrogen-bond donors (Lipinski definition) is 0. The molecule has 0 spiro atoms. The number of pyridine rings is 1. The number of hydrogen-bond acceptors (Lipinski definition) is 6. The van der Waals surface area contributed by atoms with Crippen LogP contribution in [0, 0.1) is 0 Å². The summed E-state index contributed by atoms with van der Waals surface area (Å²) in [7, 11) is 0. The van der Waals surface area contributed by atoms with Gasteiger partial charge in [-0.3, -0.25) is 4.98 Å². The van der Waals surface area contributed by atoms with Crippen LogP contribution in [0.3, 0.4) is 0 Å². The molecule has 1 aliphatic heterocycles. The van der Waals surface area contributed by atoms with Gasteiger partial charge >= 0.3 is 0 Å².